The summed E-state index contributed by atoms with van der Waals surface area (Å²) in [7, 11) is 0. The number of ether oxygens (including phenoxy) is 1. The van der Waals surface area contributed by atoms with Crippen molar-refractivity contribution in [2.45, 2.75) is 58.3 Å². The van der Waals surface area contributed by atoms with Gasteiger partial charge in [-0.3, -0.25) is 0 Å². The van der Waals surface area contributed by atoms with Crippen LogP contribution in [0.15, 0.2) is 0 Å². The smallest absolute Gasteiger partial charge is 0.0689 e. The third kappa shape index (κ3) is 3.22. The van der Waals surface area contributed by atoms with Crippen molar-refractivity contribution in [1.82, 2.24) is 0 Å². The molecule has 2 unspecified atom stereocenters. The van der Waals surface area contributed by atoms with E-state index in [1.807, 2.05) is 0 Å². The van der Waals surface area contributed by atoms with Crippen LogP contribution in [-0.4, -0.2) is 13.2 Å². The van der Waals surface area contributed by atoms with E-state index < -0.39 is 0 Å². The molecule has 2 rings (SSSR count). The van der Waals surface area contributed by atoms with Gasteiger partial charge in [-0.1, -0.05) is 26.2 Å². The van der Waals surface area contributed by atoms with Crippen LogP contribution in [0, 0.1) is 28.6 Å². The third-order valence-corrected chi connectivity index (χ3v) is 4.78. The lowest BCUT2D eigenvalue weighted by atomic mass is 9.65. The molecule has 0 aromatic heterocycles. The molecule has 0 spiro atoms. The topological polar surface area (TPSA) is 33.0 Å². The fraction of sp³-hybridized carbons (Fsp3) is 0.933. The number of rotatable bonds is 3. The fourth-order valence-electron chi connectivity index (χ4n) is 3.67. The maximum absolute atomic E-state index is 9.60. The van der Waals surface area contributed by atoms with Gasteiger partial charge in [0.25, 0.3) is 0 Å². The Morgan fingerprint density at radius 3 is 2.65 bits per heavy atom. The zero-order chi connectivity index (χ0) is 12.1. The molecule has 2 nitrogen and oxygen atoms in total. The number of hydrogen-bond donors (Lipinski definition) is 0. The van der Waals surface area contributed by atoms with E-state index in [1.54, 1.807) is 0 Å². The molecule has 0 N–H and O–H groups in total. The van der Waals surface area contributed by atoms with Gasteiger partial charge in [0.05, 0.1) is 11.5 Å². The average Bonchev–Trinajstić information content (AvgIpc) is 2.40. The van der Waals surface area contributed by atoms with Gasteiger partial charge in [0, 0.05) is 13.2 Å². The summed E-state index contributed by atoms with van der Waals surface area (Å²) in [6, 6.07) is 2.69. The normalized spacial score (nSPS) is 35.4. The van der Waals surface area contributed by atoms with Crippen molar-refractivity contribution >= 4 is 0 Å². The summed E-state index contributed by atoms with van der Waals surface area (Å²) in [4.78, 5) is 0. The van der Waals surface area contributed by atoms with Crippen LogP contribution in [-0.2, 0) is 4.74 Å². The summed E-state index contributed by atoms with van der Waals surface area (Å²) >= 11 is 0. The Bertz CT molecular complexity index is 277. The predicted molar refractivity (Wildman–Crippen MR) is 68.5 cm³/mol. The van der Waals surface area contributed by atoms with E-state index in [-0.39, 0.29) is 5.41 Å². The average molecular weight is 235 g/mol. The molecular weight excluding hydrogens is 210 g/mol. The summed E-state index contributed by atoms with van der Waals surface area (Å²) in [6.07, 6.45) is 9.60. The maximum atomic E-state index is 9.60. The summed E-state index contributed by atoms with van der Waals surface area (Å²) < 4.78 is 5.41. The quantitative estimate of drug-likeness (QED) is 0.743. The molecule has 0 aromatic rings. The summed E-state index contributed by atoms with van der Waals surface area (Å²) in [5.74, 6) is 1.53. The molecule has 96 valence electrons. The van der Waals surface area contributed by atoms with Gasteiger partial charge in [0.2, 0.25) is 0 Å². The number of nitrogens with zero attached hydrogens (tertiary/aromatic N) is 1. The number of hydrogen-bond acceptors (Lipinski definition) is 2. The van der Waals surface area contributed by atoms with Gasteiger partial charge in [-0.2, -0.15) is 5.26 Å². The molecule has 1 aliphatic heterocycles. The maximum Gasteiger partial charge on any atom is 0.0689 e. The van der Waals surface area contributed by atoms with Crippen molar-refractivity contribution in [3.8, 4) is 6.07 Å². The van der Waals surface area contributed by atoms with Gasteiger partial charge >= 0.3 is 0 Å². The summed E-state index contributed by atoms with van der Waals surface area (Å²) in [5, 5.41) is 9.60. The molecule has 2 atom stereocenters. The lowest BCUT2D eigenvalue weighted by molar-refractivity contribution is 0.0443. The lowest BCUT2D eigenvalue weighted by Crippen LogP contribution is -2.31. The molecule has 2 heteroatoms. The Labute approximate surface area is 105 Å². The summed E-state index contributed by atoms with van der Waals surface area (Å²) in [5.41, 5.74) is 0.000926. The molecule has 0 radical (unpaired) electrons. The van der Waals surface area contributed by atoms with Gasteiger partial charge < -0.3 is 4.74 Å². The minimum absolute atomic E-state index is 0.000926. The van der Waals surface area contributed by atoms with Crippen LogP contribution < -0.4 is 0 Å². The van der Waals surface area contributed by atoms with Crippen molar-refractivity contribution in [2.75, 3.05) is 13.2 Å². The lowest BCUT2D eigenvalue weighted by Gasteiger charge is -2.38. The second-order valence-electron chi connectivity index (χ2n) is 6.02. The zero-order valence-corrected chi connectivity index (χ0v) is 11.1. The van der Waals surface area contributed by atoms with Gasteiger partial charge in [0.1, 0.15) is 0 Å². The van der Waals surface area contributed by atoms with E-state index in [0.717, 1.165) is 44.3 Å². The molecule has 17 heavy (non-hydrogen) atoms. The Morgan fingerprint density at radius 2 is 2.00 bits per heavy atom. The molecule has 1 saturated carbocycles. The van der Waals surface area contributed by atoms with E-state index >= 15 is 0 Å². The highest BCUT2D eigenvalue weighted by Crippen LogP contribution is 2.45. The molecule has 1 saturated heterocycles. The Kier molecular flexibility index (Phi) is 4.45. The number of nitriles is 1. The first-order chi connectivity index (χ1) is 8.28. The molecule has 0 bridgehead atoms. The Morgan fingerprint density at radius 1 is 1.24 bits per heavy atom. The molecule has 0 amide bonds. The van der Waals surface area contributed by atoms with Crippen LogP contribution >= 0.6 is 0 Å². The highest BCUT2D eigenvalue weighted by atomic mass is 16.5. The van der Waals surface area contributed by atoms with Gasteiger partial charge in [0.15, 0.2) is 0 Å². The van der Waals surface area contributed by atoms with Crippen LogP contribution in [0.1, 0.15) is 58.3 Å². The first-order valence-electron chi connectivity index (χ1n) is 7.27. The SMILES string of the molecule is CCC1CCCC(C#N)(CC2CCOCC2)C1. The molecule has 1 aliphatic carbocycles. The fourth-order valence-corrected chi connectivity index (χ4v) is 3.67. The minimum Gasteiger partial charge on any atom is -0.381 e. The molecule has 2 aliphatic rings. The third-order valence-electron chi connectivity index (χ3n) is 4.78. The van der Waals surface area contributed by atoms with Crippen LogP contribution in [0.3, 0.4) is 0 Å². The van der Waals surface area contributed by atoms with E-state index in [9.17, 15) is 5.26 Å². The van der Waals surface area contributed by atoms with Crippen LogP contribution in [0.4, 0.5) is 0 Å². The second-order valence-corrected chi connectivity index (χ2v) is 6.02. The molecular formula is C15H25NO. The van der Waals surface area contributed by atoms with Crippen LogP contribution in [0.5, 0.6) is 0 Å². The van der Waals surface area contributed by atoms with Gasteiger partial charge in [-0.25, -0.2) is 0 Å². The first-order valence-corrected chi connectivity index (χ1v) is 7.27. The first kappa shape index (κ1) is 12.9. The van der Waals surface area contributed by atoms with Crippen molar-refractivity contribution < 1.29 is 4.74 Å². The standard InChI is InChI=1S/C15H25NO/c1-2-13-4-3-7-15(10-13,12-16)11-14-5-8-17-9-6-14/h13-14H,2-11H2,1H3. The van der Waals surface area contributed by atoms with E-state index in [4.69, 9.17) is 4.74 Å². The van der Waals surface area contributed by atoms with Crippen molar-refractivity contribution in [1.29, 1.82) is 5.26 Å². The van der Waals surface area contributed by atoms with Crippen molar-refractivity contribution in [3.05, 3.63) is 0 Å². The highest BCUT2D eigenvalue weighted by molar-refractivity contribution is 5.03. The van der Waals surface area contributed by atoms with E-state index in [2.05, 4.69) is 13.0 Å². The largest absolute Gasteiger partial charge is 0.381 e. The Balaban J connectivity index is 1.95. The van der Waals surface area contributed by atoms with Crippen LogP contribution in [0.2, 0.25) is 0 Å². The van der Waals surface area contributed by atoms with Gasteiger partial charge in [-0.05, 0) is 43.9 Å². The highest BCUT2D eigenvalue weighted by Gasteiger charge is 2.38. The van der Waals surface area contributed by atoms with E-state index in [1.165, 1.54) is 32.1 Å². The molecule has 0 aromatic carbocycles. The second kappa shape index (κ2) is 5.87. The van der Waals surface area contributed by atoms with Gasteiger partial charge in [-0.15, -0.1) is 0 Å². The monoisotopic (exact) mass is 235 g/mol. The van der Waals surface area contributed by atoms with Crippen LogP contribution in [0.25, 0.3) is 0 Å². The summed E-state index contributed by atoms with van der Waals surface area (Å²) in [6.45, 7) is 4.08. The van der Waals surface area contributed by atoms with Crippen molar-refractivity contribution in [3.63, 3.8) is 0 Å². The van der Waals surface area contributed by atoms with Crippen molar-refractivity contribution in [2.24, 2.45) is 17.3 Å². The zero-order valence-electron chi connectivity index (χ0n) is 11.1. The van der Waals surface area contributed by atoms with E-state index in [0.29, 0.717) is 0 Å². The Hall–Kier alpha value is -0.550. The molecule has 2 fully saturated rings. The minimum atomic E-state index is 0.000926. The predicted octanol–water partition coefficient (Wildman–Crippen LogP) is 3.91. The molecule has 1 heterocycles.